The minimum atomic E-state index is -2.76. The molecule has 44 heavy (non-hydrogen) atoms. The van der Waals surface area contributed by atoms with Gasteiger partial charge in [-0.2, -0.15) is 0 Å². The second kappa shape index (κ2) is 14.1. The summed E-state index contributed by atoms with van der Waals surface area (Å²) in [6.45, 7) is 9.34. The number of aromatic nitrogens is 4. The third kappa shape index (κ3) is 6.90. The Morgan fingerprint density at radius 3 is 2.32 bits per heavy atom. The van der Waals surface area contributed by atoms with E-state index in [2.05, 4.69) is 115 Å². The van der Waals surface area contributed by atoms with Crippen LogP contribution in [0.1, 0.15) is 40.3 Å². The molecule has 1 aliphatic rings. The van der Waals surface area contributed by atoms with Crippen LogP contribution in [0.4, 0.5) is 5.82 Å². The zero-order valence-electron chi connectivity index (χ0n) is 26.5. The van der Waals surface area contributed by atoms with Gasteiger partial charge in [0.1, 0.15) is 24.1 Å². The van der Waals surface area contributed by atoms with Crippen LogP contribution in [0.15, 0.2) is 78.3 Å². The number of imidazole rings is 1. The molecule has 0 aliphatic carbocycles. The molecule has 0 N–H and O–H groups in total. The zero-order valence-corrected chi connectivity index (χ0v) is 29.1. The maximum absolute atomic E-state index is 7.30. The summed E-state index contributed by atoms with van der Waals surface area (Å²) in [5.74, 6) is 0.518. The fourth-order valence-electron chi connectivity index (χ4n) is 5.85. The highest BCUT2D eigenvalue weighted by Gasteiger charge is 2.51. The summed E-state index contributed by atoms with van der Waals surface area (Å²) in [4.78, 5) is 19.9. The van der Waals surface area contributed by atoms with Crippen molar-refractivity contribution in [2.75, 3.05) is 27.0 Å². The quantitative estimate of drug-likeness (QED) is 0.0635. The number of hydrogen-bond donors (Lipinski definition) is 0. The number of ether oxygens (including phenoxy) is 2. The molecule has 0 radical (unpaired) electrons. The number of aliphatic imine (C=N–C) groups is 1. The fraction of sp³-hybridized carbons (Fsp3) is 0.438. The lowest BCUT2D eigenvalue weighted by Gasteiger charge is -2.43. The van der Waals surface area contributed by atoms with Gasteiger partial charge in [-0.15, -0.1) is 0 Å². The summed E-state index contributed by atoms with van der Waals surface area (Å²) in [5, 5.41) is 2.33. The first-order valence-corrected chi connectivity index (χ1v) is 19.3. The monoisotopic (exact) mass is 650 g/mol. The third-order valence-corrected chi connectivity index (χ3v) is 14.7. The second-order valence-electron chi connectivity index (χ2n) is 12.1. The molecule has 9 nitrogen and oxygen atoms in total. The Labute approximate surface area is 269 Å². The van der Waals surface area contributed by atoms with Crippen molar-refractivity contribution in [3.63, 3.8) is 0 Å². The summed E-state index contributed by atoms with van der Waals surface area (Å²) in [6.07, 6.45) is 6.89. The molecule has 1 unspecified atom stereocenters. The molecule has 2 aromatic heterocycles. The zero-order chi connectivity index (χ0) is 31.3. The van der Waals surface area contributed by atoms with Crippen LogP contribution in [0.2, 0.25) is 5.04 Å². The van der Waals surface area contributed by atoms with Gasteiger partial charge in [-0.25, -0.2) is 19.9 Å². The summed E-state index contributed by atoms with van der Waals surface area (Å²) in [5.41, 5.74) is 1.29. The lowest BCUT2D eigenvalue weighted by molar-refractivity contribution is -0.0599. The van der Waals surface area contributed by atoms with Crippen molar-refractivity contribution < 1.29 is 13.9 Å². The molecule has 0 bridgehead atoms. The van der Waals surface area contributed by atoms with Gasteiger partial charge >= 0.3 is 0 Å². The number of fused-ring (bicyclic) bond motifs is 1. The number of benzene rings is 2. The van der Waals surface area contributed by atoms with E-state index in [9.17, 15) is 0 Å². The second-order valence-corrected chi connectivity index (χ2v) is 19.1. The molecule has 1 fully saturated rings. The molecule has 4 atom stereocenters. The molecule has 4 aromatic rings. The summed E-state index contributed by atoms with van der Waals surface area (Å²) in [7, 11) is 4.46. The van der Waals surface area contributed by atoms with Gasteiger partial charge in [-0.3, -0.25) is 4.57 Å². The topological polar surface area (TPSA) is 86.9 Å². The van der Waals surface area contributed by atoms with Crippen LogP contribution in [0, 0.1) is 0 Å². The van der Waals surface area contributed by atoms with Gasteiger partial charge in [0, 0.05) is 20.5 Å². The van der Waals surface area contributed by atoms with Crippen LogP contribution >= 0.6 is 21.6 Å². The van der Waals surface area contributed by atoms with Crippen LogP contribution in [0.5, 0.6) is 0 Å². The first-order chi connectivity index (χ1) is 21.1. The number of rotatable bonds is 12. The van der Waals surface area contributed by atoms with Crippen molar-refractivity contribution in [1.82, 2.24) is 24.4 Å². The molecule has 0 amide bonds. The van der Waals surface area contributed by atoms with E-state index in [0.29, 0.717) is 30.0 Å². The third-order valence-electron chi connectivity index (χ3n) is 7.72. The van der Waals surface area contributed by atoms with Gasteiger partial charge in [-0.1, -0.05) is 103 Å². The van der Waals surface area contributed by atoms with E-state index in [4.69, 9.17) is 13.9 Å². The molecule has 12 heteroatoms. The molecule has 1 aliphatic heterocycles. The first kappa shape index (κ1) is 32.6. The molecule has 234 valence electrons. The summed E-state index contributed by atoms with van der Waals surface area (Å²) >= 11 is 0. The van der Waals surface area contributed by atoms with Crippen molar-refractivity contribution in [2.24, 2.45) is 4.99 Å². The number of nitrogens with zero attached hydrogens (tertiary/aromatic N) is 6. The largest absolute Gasteiger partial charge is 0.405 e. The highest BCUT2D eigenvalue weighted by Crippen LogP contribution is 2.40. The van der Waals surface area contributed by atoms with Crippen LogP contribution in [-0.2, 0) is 13.9 Å². The molecular weight excluding hydrogens is 609 g/mol. The SMILES string of the molecule is CSS[C@H](C)OC1C[C@H](n2cnc3c(N=CN(C)C)ncnc32)O[C@@H]1CO[Si](c1ccccc1)(c1ccccc1)C(C)(C)C. The van der Waals surface area contributed by atoms with Crippen LogP contribution < -0.4 is 10.4 Å². The van der Waals surface area contributed by atoms with E-state index in [0.717, 1.165) is 0 Å². The Morgan fingerprint density at radius 1 is 1.07 bits per heavy atom. The Bertz CT molecular complexity index is 1490. The molecule has 3 heterocycles. The van der Waals surface area contributed by atoms with Crippen LogP contribution in [0.25, 0.3) is 11.2 Å². The normalized spacial score (nSPS) is 20.0. The molecule has 1 saturated heterocycles. The average molecular weight is 651 g/mol. The maximum Gasteiger partial charge on any atom is 0.261 e. The lowest BCUT2D eigenvalue weighted by atomic mass is 10.2. The predicted octanol–water partition coefficient (Wildman–Crippen LogP) is 5.65. The molecule has 0 saturated carbocycles. The summed E-state index contributed by atoms with van der Waals surface area (Å²) < 4.78 is 22.7. The van der Waals surface area contributed by atoms with E-state index in [1.165, 1.54) is 16.7 Å². The van der Waals surface area contributed by atoms with Gasteiger partial charge in [0.2, 0.25) is 0 Å². The Morgan fingerprint density at radius 2 is 1.73 bits per heavy atom. The highest BCUT2D eigenvalue weighted by atomic mass is 33.1. The van der Waals surface area contributed by atoms with E-state index in [-0.39, 0.29) is 28.9 Å². The van der Waals surface area contributed by atoms with E-state index in [1.54, 1.807) is 34.3 Å². The van der Waals surface area contributed by atoms with Crippen molar-refractivity contribution in [3.8, 4) is 0 Å². The standard InChI is InChI=1S/C32H42N6O3S2Si/c1-23(43-42-7)40-26-18-28(38-22-35-29-30(36-21-37(5)6)33-20-34-31(29)38)41-27(26)19-39-44(32(2,3)4,24-14-10-8-11-15-24)25-16-12-9-13-17-25/h8-17,20-23,26-28H,18-19H2,1-7H3/t23-,26?,27-,28-/m1/s1. The van der Waals surface area contributed by atoms with E-state index < -0.39 is 8.32 Å². The highest BCUT2D eigenvalue weighted by molar-refractivity contribution is 8.76. The van der Waals surface area contributed by atoms with Crippen molar-refractivity contribution in [2.45, 2.75) is 63.0 Å². The van der Waals surface area contributed by atoms with Crippen LogP contribution in [-0.4, -0.2) is 83.7 Å². The Balaban J connectivity index is 1.48. The van der Waals surface area contributed by atoms with E-state index >= 15 is 0 Å². The number of hydrogen-bond acceptors (Lipinski definition) is 9. The average Bonchev–Trinajstić information content (AvgIpc) is 3.61. The Kier molecular flexibility index (Phi) is 10.5. The minimum absolute atomic E-state index is 0.0125. The molecule has 0 spiro atoms. The van der Waals surface area contributed by atoms with E-state index in [1.807, 2.05) is 23.6 Å². The lowest BCUT2D eigenvalue weighted by Crippen LogP contribution is -2.67. The van der Waals surface area contributed by atoms with Gasteiger partial charge in [0.05, 0.1) is 25.4 Å². The Hall–Kier alpha value is -2.74. The molecule has 5 rings (SSSR count). The fourth-order valence-corrected chi connectivity index (χ4v) is 11.8. The maximum atomic E-state index is 7.30. The van der Waals surface area contributed by atoms with Gasteiger partial charge in [0.15, 0.2) is 17.0 Å². The summed E-state index contributed by atoms with van der Waals surface area (Å²) in [6, 6.07) is 21.4. The minimum Gasteiger partial charge on any atom is -0.405 e. The molecular formula is C32H42N6O3S2Si. The van der Waals surface area contributed by atoms with Crippen molar-refractivity contribution in [1.29, 1.82) is 0 Å². The van der Waals surface area contributed by atoms with Crippen molar-refractivity contribution >= 4 is 63.6 Å². The first-order valence-electron chi connectivity index (χ1n) is 14.8. The molecule has 2 aromatic carbocycles. The smallest absolute Gasteiger partial charge is 0.261 e. The van der Waals surface area contributed by atoms with Crippen LogP contribution in [0.3, 0.4) is 0 Å². The predicted molar refractivity (Wildman–Crippen MR) is 185 cm³/mol. The van der Waals surface area contributed by atoms with Gasteiger partial charge in [0.25, 0.3) is 8.32 Å². The van der Waals surface area contributed by atoms with Gasteiger partial charge < -0.3 is 18.8 Å². The van der Waals surface area contributed by atoms with Gasteiger partial charge in [-0.05, 0) is 28.6 Å². The van der Waals surface area contributed by atoms with Crippen molar-refractivity contribution in [3.05, 3.63) is 73.3 Å².